The molecular formula is C24H31FN4. The Morgan fingerprint density at radius 2 is 1.55 bits per heavy atom. The lowest BCUT2D eigenvalue weighted by molar-refractivity contribution is 0.240. The Hall–Kier alpha value is -2.53. The number of nitrogens with zero attached hydrogens (tertiary/aromatic N) is 3. The van der Waals surface area contributed by atoms with Gasteiger partial charge in [-0.2, -0.15) is 15.0 Å². The standard InChI is InChI=1S/C24H31FN4/c1-23(2,3)17-24(4,5)26-15-21-22(18-11-7-6-8-12-18)28-29(27-21)16-19-13-9-10-14-20(19)25/h6-14,26H,15-17H2,1-5H3. The van der Waals surface area contributed by atoms with Gasteiger partial charge in [0, 0.05) is 23.2 Å². The molecule has 0 saturated carbocycles. The molecule has 0 bridgehead atoms. The molecule has 0 unspecified atom stereocenters. The predicted octanol–water partition coefficient (Wildman–Crippen LogP) is 5.44. The van der Waals surface area contributed by atoms with Crippen molar-refractivity contribution < 1.29 is 4.39 Å². The highest BCUT2D eigenvalue weighted by Crippen LogP contribution is 2.28. The van der Waals surface area contributed by atoms with Crippen LogP contribution in [0.15, 0.2) is 54.6 Å². The normalized spacial score (nSPS) is 12.3. The first-order valence-electron chi connectivity index (χ1n) is 10.1. The van der Waals surface area contributed by atoms with Crippen molar-refractivity contribution in [1.29, 1.82) is 0 Å². The van der Waals surface area contributed by atoms with Crippen molar-refractivity contribution in [2.75, 3.05) is 0 Å². The van der Waals surface area contributed by atoms with Gasteiger partial charge in [0.25, 0.3) is 0 Å². The van der Waals surface area contributed by atoms with Gasteiger partial charge in [0.2, 0.25) is 0 Å². The van der Waals surface area contributed by atoms with Gasteiger partial charge in [0.15, 0.2) is 0 Å². The molecule has 3 aromatic rings. The molecule has 0 aliphatic carbocycles. The van der Waals surface area contributed by atoms with Gasteiger partial charge in [0.1, 0.15) is 17.2 Å². The van der Waals surface area contributed by atoms with E-state index in [0.29, 0.717) is 18.7 Å². The molecule has 1 heterocycles. The topological polar surface area (TPSA) is 42.7 Å². The second kappa shape index (κ2) is 8.46. The largest absolute Gasteiger partial charge is 0.306 e. The van der Waals surface area contributed by atoms with E-state index in [2.05, 4.69) is 39.9 Å². The number of hydrogen-bond donors (Lipinski definition) is 1. The third-order valence-electron chi connectivity index (χ3n) is 4.75. The Balaban J connectivity index is 1.86. The van der Waals surface area contributed by atoms with Crippen LogP contribution in [0.1, 0.15) is 52.3 Å². The highest BCUT2D eigenvalue weighted by atomic mass is 19.1. The van der Waals surface area contributed by atoms with Gasteiger partial charge < -0.3 is 5.32 Å². The number of aromatic nitrogens is 3. The van der Waals surface area contributed by atoms with E-state index >= 15 is 0 Å². The van der Waals surface area contributed by atoms with Crippen LogP contribution in [0, 0.1) is 11.2 Å². The number of nitrogens with one attached hydrogen (secondary N) is 1. The third-order valence-corrected chi connectivity index (χ3v) is 4.75. The van der Waals surface area contributed by atoms with E-state index in [0.717, 1.165) is 23.4 Å². The summed E-state index contributed by atoms with van der Waals surface area (Å²) >= 11 is 0. The smallest absolute Gasteiger partial charge is 0.128 e. The van der Waals surface area contributed by atoms with Crippen LogP contribution >= 0.6 is 0 Å². The van der Waals surface area contributed by atoms with E-state index in [9.17, 15) is 4.39 Å². The molecule has 0 aliphatic rings. The zero-order valence-electron chi connectivity index (χ0n) is 18.0. The summed E-state index contributed by atoms with van der Waals surface area (Å²) in [5, 5.41) is 13.0. The van der Waals surface area contributed by atoms with Crippen LogP contribution in [0.2, 0.25) is 0 Å². The Morgan fingerprint density at radius 1 is 0.897 bits per heavy atom. The first-order chi connectivity index (χ1) is 13.6. The van der Waals surface area contributed by atoms with Crippen LogP contribution in [-0.2, 0) is 13.1 Å². The average molecular weight is 395 g/mol. The van der Waals surface area contributed by atoms with Crippen LogP contribution in [0.3, 0.4) is 0 Å². The minimum absolute atomic E-state index is 0.0402. The van der Waals surface area contributed by atoms with Crippen LogP contribution in [0.25, 0.3) is 11.3 Å². The lowest BCUT2D eigenvalue weighted by Crippen LogP contribution is -2.42. The second-order valence-corrected chi connectivity index (χ2v) is 9.46. The first-order valence-corrected chi connectivity index (χ1v) is 10.1. The molecule has 0 aliphatic heterocycles. The third kappa shape index (κ3) is 5.97. The van der Waals surface area contributed by atoms with E-state index in [4.69, 9.17) is 10.2 Å². The predicted molar refractivity (Wildman–Crippen MR) is 116 cm³/mol. The molecule has 0 atom stereocenters. The zero-order valence-corrected chi connectivity index (χ0v) is 18.0. The number of halogens is 1. The van der Waals surface area contributed by atoms with Gasteiger partial charge in [-0.15, -0.1) is 0 Å². The van der Waals surface area contributed by atoms with Gasteiger partial charge in [0.05, 0.1) is 6.54 Å². The van der Waals surface area contributed by atoms with Crippen molar-refractivity contribution in [3.05, 3.63) is 71.7 Å². The first kappa shape index (κ1) is 21.2. The molecule has 3 rings (SSSR count). The molecule has 0 saturated heterocycles. The maximum Gasteiger partial charge on any atom is 0.128 e. The molecule has 29 heavy (non-hydrogen) atoms. The minimum Gasteiger partial charge on any atom is -0.306 e. The van der Waals surface area contributed by atoms with Crippen molar-refractivity contribution in [1.82, 2.24) is 20.3 Å². The summed E-state index contributed by atoms with van der Waals surface area (Å²) in [7, 11) is 0. The molecule has 1 N–H and O–H groups in total. The van der Waals surface area contributed by atoms with Gasteiger partial charge in [-0.25, -0.2) is 4.39 Å². The van der Waals surface area contributed by atoms with E-state index in [-0.39, 0.29) is 16.8 Å². The molecule has 1 aromatic heterocycles. The molecule has 0 spiro atoms. The van der Waals surface area contributed by atoms with Crippen molar-refractivity contribution in [3.8, 4) is 11.3 Å². The Bertz CT molecular complexity index is 939. The number of rotatable bonds is 7. The van der Waals surface area contributed by atoms with Gasteiger partial charge >= 0.3 is 0 Å². The summed E-state index contributed by atoms with van der Waals surface area (Å²) < 4.78 is 14.1. The molecule has 2 aromatic carbocycles. The summed E-state index contributed by atoms with van der Waals surface area (Å²) in [5.74, 6) is -0.239. The van der Waals surface area contributed by atoms with Crippen LogP contribution in [0.5, 0.6) is 0 Å². The second-order valence-electron chi connectivity index (χ2n) is 9.46. The maximum atomic E-state index is 14.1. The van der Waals surface area contributed by atoms with Crippen molar-refractivity contribution in [3.63, 3.8) is 0 Å². The van der Waals surface area contributed by atoms with Crippen molar-refractivity contribution in [2.24, 2.45) is 5.41 Å². The van der Waals surface area contributed by atoms with Crippen molar-refractivity contribution in [2.45, 2.75) is 59.7 Å². The molecule has 0 radical (unpaired) electrons. The molecule has 0 amide bonds. The summed E-state index contributed by atoms with van der Waals surface area (Å²) in [6.07, 6.45) is 1.03. The summed E-state index contributed by atoms with van der Waals surface area (Å²) in [6, 6.07) is 16.8. The Labute approximate surface area is 173 Å². The van der Waals surface area contributed by atoms with E-state index in [1.807, 2.05) is 36.4 Å². The monoisotopic (exact) mass is 394 g/mol. The summed E-state index contributed by atoms with van der Waals surface area (Å²) in [6.45, 7) is 12.1. The highest BCUT2D eigenvalue weighted by molar-refractivity contribution is 5.60. The van der Waals surface area contributed by atoms with E-state index in [1.54, 1.807) is 16.9 Å². The van der Waals surface area contributed by atoms with E-state index < -0.39 is 0 Å². The van der Waals surface area contributed by atoms with E-state index in [1.165, 1.54) is 6.07 Å². The quantitative estimate of drug-likeness (QED) is 0.580. The zero-order chi connectivity index (χ0) is 21.1. The van der Waals surface area contributed by atoms with Crippen LogP contribution in [-0.4, -0.2) is 20.5 Å². The SMILES string of the molecule is CC(C)(C)CC(C)(C)NCc1nn(Cc2ccccc2F)nc1-c1ccccc1. The minimum atomic E-state index is -0.239. The highest BCUT2D eigenvalue weighted by Gasteiger charge is 2.26. The average Bonchev–Trinajstić information content (AvgIpc) is 3.04. The Morgan fingerprint density at radius 3 is 2.21 bits per heavy atom. The fraction of sp³-hybridized carbons (Fsp3) is 0.417. The van der Waals surface area contributed by atoms with Gasteiger partial charge in [-0.1, -0.05) is 69.3 Å². The molecule has 5 heteroatoms. The molecular weight excluding hydrogens is 363 g/mol. The number of benzene rings is 2. The maximum absolute atomic E-state index is 14.1. The fourth-order valence-electron chi connectivity index (χ4n) is 3.88. The lowest BCUT2D eigenvalue weighted by atomic mass is 9.82. The summed E-state index contributed by atoms with van der Waals surface area (Å²) in [5.41, 5.74) is 3.48. The lowest BCUT2D eigenvalue weighted by Gasteiger charge is -2.33. The van der Waals surface area contributed by atoms with Gasteiger partial charge in [-0.3, -0.25) is 0 Å². The van der Waals surface area contributed by atoms with Crippen LogP contribution < -0.4 is 5.32 Å². The van der Waals surface area contributed by atoms with Crippen LogP contribution in [0.4, 0.5) is 4.39 Å². The fourth-order valence-corrected chi connectivity index (χ4v) is 3.88. The van der Waals surface area contributed by atoms with Gasteiger partial charge in [-0.05, 0) is 31.7 Å². The van der Waals surface area contributed by atoms with Crippen molar-refractivity contribution >= 4 is 0 Å². The molecule has 4 nitrogen and oxygen atoms in total. The molecule has 154 valence electrons. The number of hydrogen-bond acceptors (Lipinski definition) is 3. The summed E-state index contributed by atoms with van der Waals surface area (Å²) in [4.78, 5) is 1.59. The molecule has 0 fully saturated rings. The Kier molecular flexibility index (Phi) is 6.18.